The van der Waals surface area contributed by atoms with Gasteiger partial charge in [0.2, 0.25) is 11.8 Å². The van der Waals surface area contributed by atoms with Gasteiger partial charge in [0.1, 0.15) is 17.7 Å². The minimum atomic E-state index is -0.832. The number of carbonyl (C=O) groups is 3. The SMILES string of the molecule is CCCC(C)NC(=O)C(c1c(C)cccc1C)N(C(=O)C(NC(=O)OC(C)(C)C)C(C)CC)C(C)CC. The van der Waals surface area contributed by atoms with Gasteiger partial charge in [0.25, 0.3) is 0 Å². The summed E-state index contributed by atoms with van der Waals surface area (Å²) in [4.78, 5) is 42.8. The summed E-state index contributed by atoms with van der Waals surface area (Å²) >= 11 is 0. The van der Waals surface area contributed by atoms with E-state index in [-0.39, 0.29) is 29.8 Å². The molecular weight excluding hydrogens is 466 g/mol. The maximum Gasteiger partial charge on any atom is 0.408 e. The van der Waals surface area contributed by atoms with Crippen molar-refractivity contribution in [3.63, 3.8) is 0 Å². The van der Waals surface area contributed by atoms with Crippen molar-refractivity contribution < 1.29 is 19.1 Å². The number of rotatable bonds is 12. The normalized spacial score (nSPS) is 15.6. The fourth-order valence-corrected chi connectivity index (χ4v) is 4.56. The summed E-state index contributed by atoms with van der Waals surface area (Å²) < 4.78 is 5.49. The number of hydrogen-bond donors (Lipinski definition) is 2. The highest BCUT2D eigenvalue weighted by Gasteiger charge is 2.41. The van der Waals surface area contributed by atoms with Crippen LogP contribution in [0.25, 0.3) is 0 Å². The number of benzene rings is 1. The molecule has 5 unspecified atom stereocenters. The third-order valence-electron chi connectivity index (χ3n) is 6.92. The van der Waals surface area contributed by atoms with Gasteiger partial charge in [0.05, 0.1) is 0 Å². The zero-order valence-electron chi connectivity index (χ0n) is 25.0. The number of aryl methyl sites for hydroxylation is 2. The third-order valence-corrected chi connectivity index (χ3v) is 6.92. The van der Waals surface area contributed by atoms with E-state index in [1.54, 1.807) is 25.7 Å². The van der Waals surface area contributed by atoms with Gasteiger partial charge < -0.3 is 20.3 Å². The molecule has 5 atom stereocenters. The molecule has 1 rings (SSSR count). The number of carbonyl (C=O) groups excluding carboxylic acids is 3. The molecule has 37 heavy (non-hydrogen) atoms. The molecule has 0 heterocycles. The Hall–Kier alpha value is -2.57. The second kappa shape index (κ2) is 14.4. The molecule has 7 nitrogen and oxygen atoms in total. The minimum Gasteiger partial charge on any atom is -0.444 e. The first-order chi connectivity index (χ1) is 17.2. The summed E-state index contributed by atoms with van der Waals surface area (Å²) in [6.45, 7) is 21.3. The van der Waals surface area contributed by atoms with Gasteiger partial charge in [-0.05, 0) is 83.9 Å². The van der Waals surface area contributed by atoms with Crippen LogP contribution in [0.3, 0.4) is 0 Å². The van der Waals surface area contributed by atoms with Crippen LogP contribution in [0.5, 0.6) is 0 Å². The summed E-state index contributed by atoms with van der Waals surface area (Å²) in [7, 11) is 0. The highest BCUT2D eigenvalue weighted by atomic mass is 16.6. The van der Waals surface area contributed by atoms with Gasteiger partial charge in [-0.25, -0.2) is 4.79 Å². The van der Waals surface area contributed by atoms with Crippen LogP contribution in [0.1, 0.15) is 111 Å². The van der Waals surface area contributed by atoms with Crippen LogP contribution in [-0.2, 0) is 14.3 Å². The van der Waals surface area contributed by atoms with Crippen molar-refractivity contribution >= 4 is 17.9 Å². The average Bonchev–Trinajstić information content (AvgIpc) is 2.79. The molecule has 1 aromatic rings. The lowest BCUT2D eigenvalue weighted by Crippen LogP contribution is -2.57. The number of nitrogens with zero attached hydrogens (tertiary/aromatic N) is 1. The van der Waals surface area contributed by atoms with Crippen LogP contribution in [0.4, 0.5) is 4.79 Å². The van der Waals surface area contributed by atoms with Crippen molar-refractivity contribution in [2.75, 3.05) is 0 Å². The number of hydrogen-bond acceptors (Lipinski definition) is 4. The molecule has 0 radical (unpaired) electrons. The van der Waals surface area contributed by atoms with E-state index in [2.05, 4.69) is 17.6 Å². The first-order valence-corrected chi connectivity index (χ1v) is 13.9. The lowest BCUT2D eigenvalue weighted by atomic mass is 9.90. The quantitative estimate of drug-likeness (QED) is 0.345. The minimum absolute atomic E-state index is 0.0246. The number of ether oxygens (including phenoxy) is 1. The Labute approximate surface area is 225 Å². The molecule has 0 aliphatic carbocycles. The topological polar surface area (TPSA) is 87.7 Å². The zero-order chi connectivity index (χ0) is 28.5. The van der Waals surface area contributed by atoms with Crippen LogP contribution in [0, 0.1) is 19.8 Å². The third kappa shape index (κ3) is 9.35. The molecule has 2 N–H and O–H groups in total. The van der Waals surface area contributed by atoms with Gasteiger partial charge in [-0.1, -0.05) is 58.7 Å². The van der Waals surface area contributed by atoms with Crippen LogP contribution in [0.15, 0.2) is 18.2 Å². The van der Waals surface area contributed by atoms with Gasteiger partial charge in [-0.2, -0.15) is 0 Å². The maximum atomic E-state index is 14.4. The molecular formula is C30H51N3O4. The summed E-state index contributed by atoms with van der Waals surface area (Å²) in [5.74, 6) is -0.639. The monoisotopic (exact) mass is 517 g/mol. The Morgan fingerprint density at radius 2 is 1.51 bits per heavy atom. The first kappa shape index (κ1) is 32.5. The molecule has 0 saturated carbocycles. The number of amides is 3. The Bertz CT molecular complexity index is 888. The highest BCUT2D eigenvalue weighted by molar-refractivity contribution is 5.93. The van der Waals surface area contributed by atoms with E-state index in [1.807, 2.05) is 66.7 Å². The van der Waals surface area contributed by atoms with Crippen LogP contribution in [-0.4, -0.2) is 46.5 Å². The molecule has 7 heteroatoms. The summed E-state index contributed by atoms with van der Waals surface area (Å²) in [5, 5.41) is 5.99. The van der Waals surface area contributed by atoms with Gasteiger partial charge in [0, 0.05) is 12.1 Å². The summed E-state index contributed by atoms with van der Waals surface area (Å²) in [6.07, 6.45) is 2.48. The maximum absolute atomic E-state index is 14.4. The van der Waals surface area contributed by atoms with Crippen LogP contribution in [0.2, 0.25) is 0 Å². The fraction of sp³-hybridized carbons (Fsp3) is 0.700. The largest absolute Gasteiger partial charge is 0.444 e. The lowest BCUT2D eigenvalue weighted by Gasteiger charge is -2.40. The van der Waals surface area contributed by atoms with E-state index >= 15 is 0 Å². The molecule has 3 amide bonds. The van der Waals surface area contributed by atoms with Gasteiger partial charge in [-0.15, -0.1) is 0 Å². The standard InChI is InChI=1S/C30H51N3O4/c1-12-16-22(7)31-27(34)26(24-20(5)17-15-18-21(24)6)33(23(8)14-3)28(35)25(19(4)13-2)32-29(36)37-30(9,10)11/h15,17-19,22-23,25-26H,12-14,16H2,1-11H3,(H,31,34)(H,32,36). The molecule has 0 fully saturated rings. The molecule has 0 aliphatic rings. The van der Waals surface area contributed by atoms with Gasteiger partial charge in [-0.3, -0.25) is 9.59 Å². The van der Waals surface area contributed by atoms with E-state index in [0.29, 0.717) is 12.8 Å². The predicted molar refractivity (Wildman–Crippen MR) is 150 cm³/mol. The smallest absolute Gasteiger partial charge is 0.408 e. The highest BCUT2D eigenvalue weighted by Crippen LogP contribution is 2.32. The summed E-state index contributed by atoms with van der Waals surface area (Å²) in [5.41, 5.74) is 2.03. The van der Waals surface area contributed by atoms with Crippen LogP contribution < -0.4 is 10.6 Å². The Morgan fingerprint density at radius 3 is 1.97 bits per heavy atom. The molecule has 0 saturated heterocycles. The van der Waals surface area contributed by atoms with E-state index in [9.17, 15) is 14.4 Å². The molecule has 0 bridgehead atoms. The fourth-order valence-electron chi connectivity index (χ4n) is 4.56. The average molecular weight is 518 g/mol. The van der Waals surface area contributed by atoms with E-state index < -0.39 is 23.8 Å². The van der Waals surface area contributed by atoms with Crippen molar-refractivity contribution in [1.29, 1.82) is 0 Å². The van der Waals surface area contributed by atoms with E-state index in [0.717, 1.165) is 29.5 Å². The lowest BCUT2D eigenvalue weighted by molar-refractivity contribution is -0.146. The Morgan fingerprint density at radius 1 is 0.946 bits per heavy atom. The zero-order valence-corrected chi connectivity index (χ0v) is 25.0. The number of alkyl carbamates (subject to hydrolysis) is 1. The number of nitrogens with one attached hydrogen (secondary N) is 2. The second-order valence-corrected chi connectivity index (χ2v) is 11.4. The molecule has 0 spiro atoms. The van der Waals surface area contributed by atoms with Crippen LogP contribution >= 0.6 is 0 Å². The summed E-state index contributed by atoms with van der Waals surface area (Å²) in [6, 6.07) is 3.99. The van der Waals surface area contributed by atoms with Crippen molar-refractivity contribution in [2.24, 2.45) is 5.92 Å². The van der Waals surface area contributed by atoms with Crippen molar-refractivity contribution in [2.45, 2.75) is 132 Å². The molecule has 0 aromatic heterocycles. The van der Waals surface area contributed by atoms with Gasteiger partial charge >= 0.3 is 6.09 Å². The van der Waals surface area contributed by atoms with Crippen molar-refractivity contribution in [3.8, 4) is 0 Å². The molecule has 210 valence electrons. The molecule has 0 aliphatic heterocycles. The van der Waals surface area contributed by atoms with E-state index in [1.165, 1.54) is 0 Å². The Balaban J connectivity index is 3.67. The first-order valence-electron chi connectivity index (χ1n) is 13.9. The Kier molecular flexibility index (Phi) is 12.6. The van der Waals surface area contributed by atoms with Crippen molar-refractivity contribution in [1.82, 2.24) is 15.5 Å². The van der Waals surface area contributed by atoms with Gasteiger partial charge in [0.15, 0.2) is 0 Å². The van der Waals surface area contributed by atoms with Crippen molar-refractivity contribution in [3.05, 3.63) is 34.9 Å². The predicted octanol–water partition coefficient (Wildman–Crippen LogP) is 6.22. The second-order valence-electron chi connectivity index (χ2n) is 11.4. The molecule has 1 aromatic carbocycles. The van der Waals surface area contributed by atoms with E-state index in [4.69, 9.17) is 4.74 Å².